The molecule has 2 aliphatic rings. The second-order valence-corrected chi connectivity index (χ2v) is 4.99. The summed E-state index contributed by atoms with van der Waals surface area (Å²) >= 11 is 0. The first-order valence-corrected chi connectivity index (χ1v) is 6.26. The van der Waals surface area contributed by atoms with E-state index in [2.05, 4.69) is 11.4 Å². The van der Waals surface area contributed by atoms with Crippen molar-refractivity contribution in [3.63, 3.8) is 0 Å². The lowest BCUT2D eigenvalue weighted by molar-refractivity contribution is 0.137. The third-order valence-corrected chi connectivity index (χ3v) is 3.70. The molecule has 2 aliphatic heterocycles. The average Bonchev–Trinajstić information content (AvgIpc) is 2.69. The molecule has 0 aromatic heterocycles. The number of nitrogens with one attached hydrogen (secondary N) is 1. The molecule has 2 fully saturated rings. The SMILES string of the molecule is N#Cc1cccc(OC2C[C@H]3CC[C@@H](C2)N3)c1. The predicted octanol–water partition coefficient (Wildman–Crippen LogP) is 2.22. The smallest absolute Gasteiger partial charge is 0.121 e. The van der Waals surface area contributed by atoms with Crippen molar-refractivity contribution < 1.29 is 4.74 Å². The standard InChI is InChI=1S/C14H16N2O/c15-9-10-2-1-3-13(6-10)17-14-7-11-4-5-12(8-14)16-11/h1-3,6,11-12,14,16H,4-5,7-8H2/t11-,12+,14?. The van der Waals surface area contributed by atoms with Gasteiger partial charge in [-0.2, -0.15) is 5.26 Å². The zero-order valence-corrected chi connectivity index (χ0v) is 9.73. The van der Waals surface area contributed by atoms with E-state index in [1.165, 1.54) is 12.8 Å². The molecule has 0 aliphatic carbocycles. The number of hydrogen-bond acceptors (Lipinski definition) is 3. The highest BCUT2D eigenvalue weighted by atomic mass is 16.5. The predicted molar refractivity (Wildman–Crippen MR) is 64.8 cm³/mol. The van der Waals surface area contributed by atoms with Gasteiger partial charge in [0.25, 0.3) is 0 Å². The molecule has 2 saturated heterocycles. The Balaban J connectivity index is 1.68. The maximum Gasteiger partial charge on any atom is 0.121 e. The molecule has 3 atom stereocenters. The van der Waals surface area contributed by atoms with Gasteiger partial charge < -0.3 is 10.1 Å². The van der Waals surface area contributed by atoms with Crippen molar-refractivity contribution in [1.29, 1.82) is 5.26 Å². The van der Waals surface area contributed by atoms with E-state index < -0.39 is 0 Å². The van der Waals surface area contributed by atoms with Gasteiger partial charge >= 0.3 is 0 Å². The number of piperidine rings is 1. The number of nitrogens with zero attached hydrogens (tertiary/aromatic N) is 1. The first kappa shape index (κ1) is 10.6. The number of benzene rings is 1. The Morgan fingerprint density at radius 1 is 1.24 bits per heavy atom. The van der Waals surface area contributed by atoms with Gasteiger partial charge in [-0.1, -0.05) is 6.07 Å². The van der Waals surface area contributed by atoms with Crippen molar-refractivity contribution in [2.24, 2.45) is 0 Å². The molecular weight excluding hydrogens is 212 g/mol. The fourth-order valence-electron chi connectivity index (χ4n) is 2.93. The summed E-state index contributed by atoms with van der Waals surface area (Å²) in [5.41, 5.74) is 0.666. The fourth-order valence-corrected chi connectivity index (χ4v) is 2.93. The van der Waals surface area contributed by atoms with Crippen LogP contribution in [0.15, 0.2) is 24.3 Å². The van der Waals surface area contributed by atoms with Crippen LogP contribution in [0.3, 0.4) is 0 Å². The summed E-state index contributed by atoms with van der Waals surface area (Å²) in [4.78, 5) is 0. The molecule has 1 unspecified atom stereocenters. The maximum absolute atomic E-state index is 8.85. The summed E-state index contributed by atoms with van der Waals surface area (Å²) < 4.78 is 5.99. The third kappa shape index (κ3) is 2.27. The van der Waals surface area contributed by atoms with Crippen molar-refractivity contribution in [1.82, 2.24) is 5.32 Å². The minimum Gasteiger partial charge on any atom is -0.490 e. The van der Waals surface area contributed by atoms with Crippen molar-refractivity contribution in [3.8, 4) is 11.8 Å². The molecule has 3 rings (SSSR count). The van der Waals surface area contributed by atoms with Crippen LogP contribution < -0.4 is 10.1 Å². The van der Waals surface area contributed by atoms with Crippen LogP contribution in [0.1, 0.15) is 31.2 Å². The molecule has 2 heterocycles. The van der Waals surface area contributed by atoms with E-state index in [0.717, 1.165) is 18.6 Å². The fraction of sp³-hybridized carbons (Fsp3) is 0.500. The van der Waals surface area contributed by atoms with Crippen LogP contribution in [0.4, 0.5) is 0 Å². The van der Waals surface area contributed by atoms with Gasteiger partial charge in [-0.05, 0) is 43.9 Å². The Bertz CT molecular complexity index is 440. The molecule has 0 spiro atoms. The van der Waals surface area contributed by atoms with Crippen LogP contribution in [-0.2, 0) is 0 Å². The molecule has 1 N–H and O–H groups in total. The lowest BCUT2D eigenvalue weighted by Gasteiger charge is -2.29. The van der Waals surface area contributed by atoms with Gasteiger partial charge in [0, 0.05) is 12.1 Å². The first-order chi connectivity index (χ1) is 8.33. The lowest BCUT2D eigenvalue weighted by atomic mass is 10.0. The summed E-state index contributed by atoms with van der Waals surface area (Å²) in [7, 11) is 0. The Morgan fingerprint density at radius 2 is 2.00 bits per heavy atom. The van der Waals surface area contributed by atoms with E-state index in [9.17, 15) is 0 Å². The first-order valence-electron chi connectivity index (χ1n) is 6.26. The zero-order chi connectivity index (χ0) is 11.7. The third-order valence-electron chi connectivity index (χ3n) is 3.70. The highest BCUT2D eigenvalue weighted by molar-refractivity contribution is 5.36. The van der Waals surface area contributed by atoms with Crippen LogP contribution in [0, 0.1) is 11.3 Å². The summed E-state index contributed by atoms with van der Waals surface area (Å²) in [5, 5.41) is 12.4. The molecule has 3 heteroatoms. The van der Waals surface area contributed by atoms with Gasteiger partial charge in [0.05, 0.1) is 11.6 Å². The highest BCUT2D eigenvalue weighted by Gasteiger charge is 2.34. The Kier molecular flexibility index (Phi) is 2.74. The lowest BCUT2D eigenvalue weighted by Crippen LogP contribution is -2.42. The zero-order valence-electron chi connectivity index (χ0n) is 9.73. The van der Waals surface area contributed by atoms with Gasteiger partial charge in [0.2, 0.25) is 0 Å². The van der Waals surface area contributed by atoms with Crippen LogP contribution in [0.5, 0.6) is 5.75 Å². The van der Waals surface area contributed by atoms with Crippen LogP contribution in [-0.4, -0.2) is 18.2 Å². The molecule has 1 aromatic rings. The van der Waals surface area contributed by atoms with Crippen LogP contribution >= 0.6 is 0 Å². The second-order valence-electron chi connectivity index (χ2n) is 4.99. The van der Waals surface area contributed by atoms with E-state index in [-0.39, 0.29) is 0 Å². The normalized spacial score (nSPS) is 30.9. The average molecular weight is 228 g/mol. The van der Waals surface area contributed by atoms with Crippen molar-refractivity contribution >= 4 is 0 Å². The number of ether oxygens (including phenoxy) is 1. The molecule has 88 valence electrons. The van der Waals surface area contributed by atoms with Gasteiger partial charge in [-0.15, -0.1) is 0 Å². The van der Waals surface area contributed by atoms with Crippen LogP contribution in [0.25, 0.3) is 0 Å². The topological polar surface area (TPSA) is 45.0 Å². The van der Waals surface area contributed by atoms with E-state index in [0.29, 0.717) is 23.8 Å². The highest BCUT2D eigenvalue weighted by Crippen LogP contribution is 2.29. The summed E-state index contributed by atoms with van der Waals surface area (Å²) in [5.74, 6) is 0.829. The summed E-state index contributed by atoms with van der Waals surface area (Å²) in [6.45, 7) is 0. The Morgan fingerprint density at radius 3 is 2.71 bits per heavy atom. The largest absolute Gasteiger partial charge is 0.490 e. The minimum atomic E-state index is 0.308. The molecule has 1 aromatic carbocycles. The van der Waals surface area contributed by atoms with E-state index in [1.807, 2.05) is 18.2 Å². The van der Waals surface area contributed by atoms with Gasteiger partial charge in [0.15, 0.2) is 0 Å². The van der Waals surface area contributed by atoms with Gasteiger partial charge in [0.1, 0.15) is 11.9 Å². The van der Waals surface area contributed by atoms with Crippen molar-refractivity contribution in [2.45, 2.75) is 43.9 Å². The molecular formula is C14H16N2O. The molecule has 0 radical (unpaired) electrons. The molecule has 17 heavy (non-hydrogen) atoms. The summed E-state index contributed by atoms with van der Waals surface area (Å²) in [6, 6.07) is 10.9. The Hall–Kier alpha value is -1.53. The molecule has 2 bridgehead atoms. The molecule has 0 amide bonds. The van der Waals surface area contributed by atoms with Gasteiger partial charge in [-0.3, -0.25) is 0 Å². The number of fused-ring (bicyclic) bond motifs is 2. The Labute approximate surface area is 101 Å². The molecule has 3 nitrogen and oxygen atoms in total. The van der Waals surface area contributed by atoms with E-state index >= 15 is 0 Å². The second kappa shape index (κ2) is 4.38. The molecule has 0 saturated carbocycles. The number of rotatable bonds is 2. The van der Waals surface area contributed by atoms with Crippen molar-refractivity contribution in [3.05, 3.63) is 29.8 Å². The minimum absolute atomic E-state index is 0.308. The van der Waals surface area contributed by atoms with Crippen LogP contribution in [0.2, 0.25) is 0 Å². The quantitative estimate of drug-likeness (QED) is 0.844. The summed E-state index contributed by atoms with van der Waals surface area (Å²) in [6.07, 6.45) is 5.05. The van der Waals surface area contributed by atoms with Gasteiger partial charge in [-0.25, -0.2) is 0 Å². The van der Waals surface area contributed by atoms with E-state index in [1.54, 1.807) is 6.07 Å². The monoisotopic (exact) mass is 228 g/mol. The number of hydrogen-bond donors (Lipinski definition) is 1. The maximum atomic E-state index is 8.85. The number of nitriles is 1. The van der Waals surface area contributed by atoms with Crippen molar-refractivity contribution in [2.75, 3.05) is 0 Å². The van der Waals surface area contributed by atoms with E-state index in [4.69, 9.17) is 10.00 Å².